The number of thiol groups is 1. The Morgan fingerprint density at radius 1 is 0.973 bits per heavy atom. The van der Waals surface area contributed by atoms with E-state index in [0.717, 1.165) is 52.2 Å². The van der Waals surface area contributed by atoms with E-state index in [9.17, 15) is 4.79 Å². The van der Waals surface area contributed by atoms with Gasteiger partial charge < -0.3 is 9.62 Å². The molecule has 1 aliphatic carbocycles. The Bertz CT molecular complexity index is 1640. The van der Waals surface area contributed by atoms with Crippen LogP contribution in [0.4, 0.5) is 11.4 Å². The highest BCUT2D eigenvalue weighted by atomic mass is 32.2. The van der Waals surface area contributed by atoms with Gasteiger partial charge in [0.25, 0.3) is 0 Å². The maximum atomic E-state index is 11.9. The molecule has 6 rings (SSSR count). The van der Waals surface area contributed by atoms with Gasteiger partial charge in [-0.3, -0.25) is 4.79 Å². The zero-order valence-corrected chi connectivity index (χ0v) is 22.3. The minimum atomic E-state index is 0.510. The van der Waals surface area contributed by atoms with Crippen molar-refractivity contribution in [2.75, 3.05) is 23.7 Å². The van der Waals surface area contributed by atoms with Crippen molar-refractivity contribution in [3.63, 3.8) is 0 Å². The minimum Gasteiger partial charge on any atom is -0.377 e. The van der Waals surface area contributed by atoms with E-state index in [1.807, 2.05) is 28.9 Å². The van der Waals surface area contributed by atoms with E-state index in [4.69, 9.17) is 0 Å². The van der Waals surface area contributed by atoms with Crippen LogP contribution in [0.15, 0.2) is 88.7 Å². The molecule has 0 saturated heterocycles. The molecule has 0 saturated carbocycles. The lowest BCUT2D eigenvalue weighted by molar-refractivity contribution is 0.111. The lowest BCUT2D eigenvalue weighted by Gasteiger charge is -2.20. The van der Waals surface area contributed by atoms with Gasteiger partial charge in [-0.05, 0) is 84.3 Å². The van der Waals surface area contributed by atoms with Crippen molar-refractivity contribution in [2.45, 2.75) is 22.6 Å². The van der Waals surface area contributed by atoms with Gasteiger partial charge in [0.2, 0.25) is 0 Å². The quantitative estimate of drug-likeness (QED) is 0.142. The van der Waals surface area contributed by atoms with Crippen LogP contribution in [0.5, 0.6) is 0 Å². The van der Waals surface area contributed by atoms with Crippen molar-refractivity contribution < 1.29 is 4.79 Å². The van der Waals surface area contributed by atoms with Gasteiger partial charge in [0.15, 0.2) is 6.29 Å². The number of fused-ring (bicyclic) bond motifs is 4. The first kappa shape index (κ1) is 23.7. The number of aldehydes is 1. The van der Waals surface area contributed by atoms with Gasteiger partial charge in [0.1, 0.15) is 5.69 Å². The van der Waals surface area contributed by atoms with Crippen LogP contribution in [-0.4, -0.2) is 30.2 Å². The highest BCUT2D eigenvalue weighted by molar-refractivity contribution is 8.00. The highest BCUT2D eigenvalue weighted by Crippen LogP contribution is 2.39. The first-order valence-electron chi connectivity index (χ1n) is 12.1. The topological polar surface area (TPSA) is 50.2 Å². The van der Waals surface area contributed by atoms with Crippen LogP contribution in [0, 0.1) is 0 Å². The summed E-state index contributed by atoms with van der Waals surface area (Å²) in [7, 11) is 4.14. The fourth-order valence-electron chi connectivity index (χ4n) is 5.06. The average molecular weight is 523 g/mol. The number of carbonyl (C=O) groups is 1. The number of nitrogens with one attached hydrogen (secondary N) is 1. The maximum Gasteiger partial charge on any atom is 0.170 e. The molecule has 0 bridgehead atoms. The first-order chi connectivity index (χ1) is 18.0. The van der Waals surface area contributed by atoms with Gasteiger partial charge in [0.05, 0.1) is 11.4 Å². The van der Waals surface area contributed by atoms with E-state index < -0.39 is 0 Å². The number of aromatic nitrogens is 2. The molecule has 7 heteroatoms. The van der Waals surface area contributed by atoms with E-state index in [2.05, 4.69) is 96.0 Å². The standard InChI is InChI=1S/C30H26N4OS2/c1-33(2)28-7-3-6-24-23(28)5-4-8-29(24)37-32-20-11-9-19-10-16-25-27(18-35)31-34(30(25)26(19)17-20)21-12-14-22(36)15-13-21/h3-9,11-15,17-18,32,36H,10,16H2,1-2H3. The molecule has 0 aliphatic heterocycles. The van der Waals surface area contributed by atoms with Crippen LogP contribution in [0.25, 0.3) is 27.7 Å². The van der Waals surface area contributed by atoms with E-state index in [1.165, 1.54) is 26.9 Å². The van der Waals surface area contributed by atoms with E-state index in [0.29, 0.717) is 5.69 Å². The Hall–Kier alpha value is -3.68. The van der Waals surface area contributed by atoms with Gasteiger partial charge in [-0.2, -0.15) is 5.10 Å². The molecular formula is C30H26N4OS2. The molecule has 5 aromatic rings. The van der Waals surface area contributed by atoms with Gasteiger partial charge >= 0.3 is 0 Å². The number of rotatable bonds is 6. The number of aryl methyl sites for hydroxylation is 1. The van der Waals surface area contributed by atoms with Crippen LogP contribution in [-0.2, 0) is 12.8 Å². The van der Waals surface area contributed by atoms with E-state index in [1.54, 1.807) is 11.9 Å². The van der Waals surface area contributed by atoms with Crippen LogP contribution in [0.3, 0.4) is 0 Å². The summed E-state index contributed by atoms with van der Waals surface area (Å²) in [6, 6.07) is 27.2. The zero-order chi connectivity index (χ0) is 25.5. The monoisotopic (exact) mass is 522 g/mol. The summed E-state index contributed by atoms with van der Waals surface area (Å²) in [5, 5.41) is 7.13. The Balaban J connectivity index is 1.37. The predicted molar refractivity (Wildman–Crippen MR) is 157 cm³/mol. The fraction of sp³-hybridized carbons (Fsp3) is 0.133. The van der Waals surface area contributed by atoms with Crippen LogP contribution in [0.2, 0.25) is 0 Å². The van der Waals surface area contributed by atoms with Crippen molar-refractivity contribution in [3.8, 4) is 16.9 Å². The average Bonchev–Trinajstić information content (AvgIpc) is 3.31. The molecule has 0 atom stereocenters. The second-order valence-electron chi connectivity index (χ2n) is 9.36. The van der Waals surface area contributed by atoms with Crippen molar-refractivity contribution in [1.29, 1.82) is 0 Å². The second kappa shape index (κ2) is 9.65. The molecule has 5 nitrogen and oxygen atoms in total. The summed E-state index contributed by atoms with van der Waals surface area (Å²) in [6.45, 7) is 0. The highest BCUT2D eigenvalue weighted by Gasteiger charge is 2.26. The van der Waals surface area contributed by atoms with Crippen LogP contribution >= 0.6 is 24.6 Å². The Kier molecular flexibility index (Phi) is 6.18. The SMILES string of the molecule is CN(C)c1cccc2c(SNc3ccc4c(c3)-c3c(c(C=O)nn3-c3ccc(S)cc3)CC4)cccc12. The molecule has 0 fully saturated rings. The summed E-state index contributed by atoms with van der Waals surface area (Å²) in [4.78, 5) is 16.1. The molecule has 184 valence electrons. The number of benzene rings is 4. The lowest BCUT2D eigenvalue weighted by Crippen LogP contribution is -2.09. The number of hydrogen-bond donors (Lipinski definition) is 2. The molecule has 1 aliphatic rings. The molecule has 1 N–H and O–H groups in total. The Labute approximate surface area is 226 Å². The van der Waals surface area contributed by atoms with Crippen molar-refractivity contribution in [2.24, 2.45) is 0 Å². The second-order valence-corrected chi connectivity index (χ2v) is 10.7. The first-order valence-corrected chi connectivity index (χ1v) is 13.4. The number of hydrogen-bond acceptors (Lipinski definition) is 6. The Morgan fingerprint density at radius 3 is 2.54 bits per heavy atom. The lowest BCUT2D eigenvalue weighted by atomic mass is 9.88. The Morgan fingerprint density at radius 2 is 1.76 bits per heavy atom. The third-order valence-corrected chi connectivity index (χ3v) is 8.06. The molecule has 0 unspecified atom stereocenters. The number of nitrogens with zero attached hydrogens (tertiary/aromatic N) is 3. The summed E-state index contributed by atoms with van der Waals surface area (Å²) < 4.78 is 5.46. The van der Waals surface area contributed by atoms with Gasteiger partial charge in [0, 0.05) is 51.8 Å². The van der Waals surface area contributed by atoms with Crippen molar-refractivity contribution >= 4 is 53.0 Å². The van der Waals surface area contributed by atoms with Gasteiger partial charge in [-0.25, -0.2) is 4.68 Å². The predicted octanol–water partition coefficient (Wildman–Crippen LogP) is 7.08. The van der Waals surface area contributed by atoms with E-state index >= 15 is 0 Å². The van der Waals surface area contributed by atoms with E-state index in [-0.39, 0.29) is 0 Å². The van der Waals surface area contributed by atoms with Gasteiger partial charge in [-0.1, -0.05) is 30.3 Å². The molecule has 0 amide bonds. The van der Waals surface area contributed by atoms with Crippen molar-refractivity contribution in [3.05, 3.63) is 95.7 Å². The molecule has 1 heterocycles. The number of anilines is 2. The molecule has 0 spiro atoms. The summed E-state index contributed by atoms with van der Waals surface area (Å²) in [6.07, 6.45) is 2.55. The number of carbonyl (C=O) groups excluding carboxylic acids is 1. The molecular weight excluding hydrogens is 496 g/mol. The molecule has 37 heavy (non-hydrogen) atoms. The molecule has 4 aromatic carbocycles. The normalized spacial score (nSPS) is 12.2. The smallest absolute Gasteiger partial charge is 0.170 e. The largest absolute Gasteiger partial charge is 0.377 e. The summed E-state index contributed by atoms with van der Waals surface area (Å²) >= 11 is 6.03. The van der Waals surface area contributed by atoms with Gasteiger partial charge in [-0.15, -0.1) is 12.6 Å². The third kappa shape index (κ3) is 4.28. The summed E-state index contributed by atoms with van der Waals surface area (Å²) in [5.41, 5.74) is 7.99. The minimum absolute atomic E-state index is 0.510. The van der Waals surface area contributed by atoms with Crippen LogP contribution < -0.4 is 9.62 Å². The van der Waals surface area contributed by atoms with Crippen molar-refractivity contribution in [1.82, 2.24) is 9.78 Å². The van der Waals surface area contributed by atoms with Crippen LogP contribution in [0.1, 0.15) is 21.6 Å². The summed E-state index contributed by atoms with van der Waals surface area (Å²) in [5.74, 6) is 0. The molecule has 1 aromatic heterocycles. The zero-order valence-electron chi connectivity index (χ0n) is 20.6. The molecule has 0 radical (unpaired) electrons. The maximum absolute atomic E-state index is 11.9. The fourth-order valence-corrected chi connectivity index (χ4v) is 6.00. The third-order valence-electron chi connectivity index (χ3n) is 6.85.